The highest BCUT2D eigenvalue weighted by Crippen LogP contribution is 2.45. The molecule has 0 saturated heterocycles. The summed E-state index contributed by atoms with van der Waals surface area (Å²) in [5.74, 6) is 1.94. The maximum atomic E-state index is 5.05. The molecule has 0 fully saturated rings. The first kappa shape index (κ1) is 27.1. The summed E-state index contributed by atoms with van der Waals surface area (Å²) in [5, 5.41) is 7.51. The molecule has 4 heterocycles. The lowest BCUT2D eigenvalue weighted by Gasteiger charge is -2.12. The predicted octanol–water partition coefficient (Wildman–Crippen LogP) is 11.1. The molecule has 50 heavy (non-hydrogen) atoms. The molecule has 0 atom stereocenters. The molecular formula is C45H27N5. The van der Waals surface area contributed by atoms with Crippen LogP contribution in [0.1, 0.15) is 0 Å². The zero-order valence-electron chi connectivity index (χ0n) is 26.8. The van der Waals surface area contributed by atoms with E-state index in [-0.39, 0.29) is 0 Å². The number of aromatic nitrogens is 5. The maximum absolute atomic E-state index is 5.05. The van der Waals surface area contributed by atoms with Gasteiger partial charge in [0.15, 0.2) is 17.5 Å². The van der Waals surface area contributed by atoms with E-state index in [9.17, 15) is 0 Å². The molecule has 0 unspecified atom stereocenters. The van der Waals surface area contributed by atoms with Crippen LogP contribution >= 0.6 is 0 Å². The molecular weight excluding hydrogens is 611 g/mol. The highest BCUT2D eigenvalue weighted by atomic mass is 15.1. The Balaban J connectivity index is 1.24. The predicted molar refractivity (Wildman–Crippen MR) is 205 cm³/mol. The van der Waals surface area contributed by atoms with Crippen molar-refractivity contribution >= 4 is 59.9 Å². The van der Waals surface area contributed by atoms with E-state index in [1.54, 1.807) is 0 Å². The van der Waals surface area contributed by atoms with Gasteiger partial charge in [-0.25, -0.2) is 15.0 Å². The van der Waals surface area contributed by atoms with Crippen molar-refractivity contribution in [2.24, 2.45) is 0 Å². The highest BCUT2D eigenvalue weighted by Gasteiger charge is 2.24. The molecule has 11 rings (SSSR count). The molecule has 0 amide bonds. The van der Waals surface area contributed by atoms with Gasteiger partial charge in [-0.15, -0.1) is 0 Å². The Labute approximate surface area is 286 Å². The van der Waals surface area contributed by atoms with Gasteiger partial charge in [0.05, 0.1) is 27.6 Å². The minimum Gasteiger partial charge on any atom is -0.307 e. The average molecular weight is 638 g/mol. The van der Waals surface area contributed by atoms with Gasteiger partial charge in [-0.2, -0.15) is 0 Å². The van der Waals surface area contributed by atoms with Crippen molar-refractivity contribution in [1.82, 2.24) is 23.9 Å². The molecule has 0 bridgehead atoms. The van der Waals surface area contributed by atoms with Crippen molar-refractivity contribution in [3.8, 4) is 39.9 Å². The number of para-hydroxylation sites is 2. The first-order chi connectivity index (χ1) is 24.8. The molecule has 0 aliphatic heterocycles. The monoisotopic (exact) mass is 637 g/mol. The molecule has 7 aromatic carbocycles. The Morgan fingerprint density at radius 3 is 1.64 bits per heavy atom. The van der Waals surface area contributed by atoms with Gasteiger partial charge in [0.1, 0.15) is 0 Å². The highest BCUT2D eigenvalue weighted by molar-refractivity contribution is 6.33. The van der Waals surface area contributed by atoms with Gasteiger partial charge >= 0.3 is 0 Å². The van der Waals surface area contributed by atoms with Crippen molar-refractivity contribution in [3.63, 3.8) is 0 Å². The zero-order valence-corrected chi connectivity index (χ0v) is 26.8. The van der Waals surface area contributed by atoms with Crippen molar-refractivity contribution in [1.29, 1.82) is 0 Å². The summed E-state index contributed by atoms with van der Waals surface area (Å²) in [7, 11) is 0. The van der Waals surface area contributed by atoms with Crippen LogP contribution in [0.3, 0.4) is 0 Å². The molecule has 0 spiro atoms. The summed E-state index contributed by atoms with van der Waals surface area (Å²) in [6, 6.07) is 57.7. The number of fused-ring (bicyclic) bond motifs is 6. The molecule has 4 aromatic heterocycles. The van der Waals surface area contributed by atoms with Gasteiger partial charge in [0, 0.05) is 43.9 Å². The Kier molecular flexibility index (Phi) is 5.60. The fraction of sp³-hybridized carbons (Fsp3) is 0. The lowest BCUT2D eigenvalue weighted by atomic mass is 10.0. The van der Waals surface area contributed by atoms with Gasteiger partial charge in [0.25, 0.3) is 0 Å². The van der Waals surface area contributed by atoms with Crippen LogP contribution in [0.15, 0.2) is 164 Å². The van der Waals surface area contributed by atoms with Gasteiger partial charge in [0.2, 0.25) is 0 Å². The summed E-state index contributed by atoms with van der Waals surface area (Å²) in [6.07, 6.45) is 0. The quantitative estimate of drug-likeness (QED) is 0.193. The van der Waals surface area contributed by atoms with Crippen LogP contribution in [0.5, 0.6) is 0 Å². The van der Waals surface area contributed by atoms with Gasteiger partial charge in [-0.05, 0) is 41.1 Å². The minimum absolute atomic E-state index is 0.637. The molecule has 0 aliphatic carbocycles. The topological polar surface area (TPSA) is 48.0 Å². The summed E-state index contributed by atoms with van der Waals surface area (Å²) in [5.41, 5.74) is 9.87. The van der Waals surface area contributed by atoms with Crippen LogP contribution in [-0.4, -0.2) is 23.9 Å². The van der Waals surface area contributed by atoms with E-state index in [0.717, 1.165) is 22.4 Å². The first-order valence-electron chi connectivity index (χ1n) is 16.9. The molecule has 5 nitrogen and oxygen atoms in total. The fourth-order valence-electron chi connectivity index (χ4n) is 7.96. The van der Waals surface area contributed by atoms with Crippen LogP contribution in [-0.2, 0) is 0 Å². The summed E-state index contributed by atoms with van der Waals surface area (Å²) in [6.45, 7) is 0. The Bertz CT molecular complexity index is 3030. The second-order valence-corrected chi connectivity index (χ2v) is 12.9. The van der Waals surface area contributed by atoms with E-state index in [2.05, 4.69) is 112 Å². The van der Waals surface area contributed by atoms with Crippen molar-refractivity contribution in [2.75, 3.05) is 0 Å². The summed E-state index contributed by atoms with van der Waals surface area (Å²) >= 11 is 0. The smallest absolute Gasteiger partial charge is 0.164 e. The van der Waals surface area contributed by atoms with E-state index >= 15 is 0 Å². The average Bonchev–Trinajstić information content (AvgIpc) is 3.66. The van der Waals surface area contributed by atoms with E-state index in [1.165, 1.54) is 59.9 Å². The zero-order chi connectivity index (χ0) is 32.8. The maximum Gasteiger partial charge on any atom is 0.164 e. The fourth-order valence-corrected chi connectivity index (χ4v) is 7.96. The van der Waals surface area contributed by atoms with E-state index < -0.39 is 0 Å². The summed E-state index contributed by atoms with van der Waals surface area (Å²) < 4.78 is 4.92. The van der Waals surface area contributed by atoms with Crippen LogP contribution in [0.4, 0.5) is 0 Å². The third kappa shape index (κ3) is 3.80. The van der Waals surface area contributed by atoms with Crippen LogP contribution < -0.4 is 0 Å². The SMILES string of the molecule is c1ccc(-c2nc(-c3ccccc3)nc(-c3cccc(-n4c5ccc6cccc7c8ccccc8n8c9ccccc9c4c8c5c67)c3)n2)cc1. The second-order valence-electron chi connectivity index (χ2n) is 12.9. The Morgan fingerprint density at radius 2 is 0.920 bits per heavy atom. The van der Waals surface area contributed by atoms with Crippen LogP contribution in [0.2, 0.25) is 0 Å². The van der Waals surface area contributed by atoms with Crippen molar-refractivity contribution in [2.45, 2.75) is 0 Å². The molecule has 0 N–H and O–H groups in total. The third-order valence-corrected chi connectivity index (χ3v) is 10.1. The first-order valence-corrected chi connectivity index (χ1v) is 16.9. The minimum atomic E-state index is 0.637. The number of rotatable bonds is 4. The normalized spacial score (nSPS) is 12.0. The lowest BCUT2D eigenvalue weighted by molar-refractivity contribution is 1.07. The van der Waals surface area contributed by atoms with E-state index in [0.29, 0.717) is 17.5 Å². The molecule has 5 heteroatoms. The van der Waals surface area contributed by atoms with Crippen LogP contribution in [0, 0.1) is 0 Å². The van der Waals surface area contributed by atoms with Gasteiger partial charge in [-0.3, -0.25) is 0 Å². The number of benzene rings is 7. The Morgan fingerprint density at radius 1 is 0.360 bits per heavy atom. The second kappa shape index (κ2) is 10.3. The summed E-state index contributed by atoms with van der Waals surface area (Å²) in [4.78, 5) is 15.0. The number of hydrogen-bond donors (Lipinski definition) is 0. The third-order valence-electron chi connectivity index (χ3n) is 10.1. The van der Waals surface area contributed by atoms with Gasteiger partial charge < -0.3 is 8.97 Å². The van der Waals surface area contributed by atoms with Crippen molar-refractivity contribution in [3.05, 3.63) is 164 Å². The molecule has 0 saturated carbocycles. The Hall–Kier alpha value is -6.85. The standard InChI is InChI=1S/C45H27N5/c1-3-13-29(14-4-1)43-46-44(30-15-5-2-6-16-30)48-45(47-43)31-18-11-19-32(27-31)49-38-26-25-28-17-12-22-34-33-20-7-9-23-36(33)50-37-24-10-8-21-35(37)41(49)42(50)40(38)39(28)34/h1-27H. The van der Waals surface area contributed by atoms with Crippen molar-refractivity contribution < 1.29 is 0 Å². The molecule has 232 valence electrons. The lowest BCUT2D eigenvalue weighted by Crippen LogP contribution is -2.01. The van der Waals surface area contributed by atoms with Gasteiger partial charge in [-0.1, -0.05) is 133 Å². The number of nitrogens with zero attached hydrogens (tertiary/aromatic N) is 5. The molecule has 0 radical (unpaired) electrons. The molecule has 0 aliphatic rings. The molecule has 11 aromatic rings. The van der Waals surface area contributed by atoms with E-state index in [4.69, 9.17) is 15.0 Å². The largest absolute Gasteiger partial charge is 0.307 e. The van der Waals surface area contributed by atoms with Crippen LogP contribution in [0.25, 0.3) is 99.8 Å². The van der Waals surface area contributed by atoms with E-state index in [1.807, 2.05) is 60.7 Å². The number of hydrogen-bond acceptors (Lipinski definition) is 3.